The maximum absolute atomic E-state index is 5.33. The van der Waals surface area contributed by atoms with Gasteiger partial charge in [-0.05, 0) is 54.7 Å². The molecule has 0 aromatic heterocycles. The molecule has 2 aromatic carbocycles. The fourth-order valence-corrected chi connectivity index (χ4v) is 2.41. The van der Waals surface area contributed by atoms with Crippen LogP contribution in [0.1, 0.15) is 22.3 Å². The van der Waals surface area contributed by atoms with E-state index in [2.05, 4.69) is 50.3 Å². The Morgan fingerprint density at radius 3 is 2.19 bits per heavy atom. The van der Waals surface area contributed by atoms with Gasteiger partial charge in [0.1, 0.15) is 0 Å². The van der Waals surface area contributed by atoms with Crippen LogP contribution in [0, 0.1) is 13.8 Å². The Morgan fingerprint density at radius 2 is 1.57 bits per heavy atom. The van der Waals surface area contributed by atoms with Crippen molar-refractivity contribution < 1.29 is 9.47 Å². The Bertz CT molecular complexity index is 622. The monoisotopic (exact) mass is 282 g/mol. The van der Waals surface area contributed by atoms with Crippen molar-refractivity contribution in [3.05, 3.63) is 64.7 Å². The fraction of sp³-hybridized carbons (Fsp3) is 0.263. The van der Waals surface area contributed by atoms with E-state index in [1.165, 1.54) is 22.3 Å². The lowest BCUT2D eigenvalue weighted by Crippen LogP contribution is -1.92. The molecule has 0 amide bonds. The minimum atomic E-state index is 0.764. The lowest BCUT2D eigenvalue weighted by molar-refractivity contribution is 0.354. The molecular weight excluding hydrogens is 260 g/mol. The van der Waals surface area contributed by atoms with Gasteiger partial charge in [0.05, 0.1) is 14.2 Å². The molecule has 0 atom stereocenters. The summed E-state index contributed by atoms with van der Waals surface area (Å²) in [5, 5.41) is 0. The van der Waals surface area contributed by atoms with E-state index in [1.54, 1.807) is 14.2 Å². The van der Waals surface area contributed by atoms with E-state index in [1.807, 2.05) is 12.1 Å². The molecule has 21 heavy (non-hydrogen) atoms. The van der Waals surface area contributed by atoms with Crippen molar-refractivity contribution in [2.24, 2.45) is 0 Å². The Balaban J connectivity index is 2.14. The summed E-state index contributed by atoms with van der Waals surface area (Å²) >= 11 is 0. The molecule has 0 aliphatic rings. The zero-order valence-corrected chi connectivity index (χ0v) is 13.1. The summed E-state index contributed by atoms with van der Waals surface area (Å²) in [6.07, 6.45) is 5.26. The first-order valence-corrected chi connectivity index (χ1v) is 7.09. The summed E-state index contributed by atoms with van der Waals surface area (Å²) in [5.41, 5.74) is 5.12. The second-order valence-electron chi connectivity index (χ2n) is 5.10. The van der Waals surface area contributed by atoms with Gasteiger partial charge in [0.25, 0.3) is 0 Å². The third-order valence-corrected chi connectivity index (χ3v) is 3.63. The molecule has 110 valence electrons. The van der Waals surface area contributed by atoms with Gasteiger partial charge in [0.15, 0.2) is 11.5 Å². The lowest BCUT2D eigenvalue weighted by Gasteiger charge is -2.08. The van der Waals surface area contributed by atoms with Crippen LogP contribution in [0.5, 0.6) is 11.5 Å². The molecule has 0 spiro atoms. The molecule has 0 saturated heterocycles. The Morgan fingerprint density at radius 1 is 0.905 bits per heavy atom. The average molecular weight is 282 g/mol. The highest BCUT2D eigenvalue weighted by molar-refractivity contribution is 5.58. The first kappa shape index (κ1) is 15.2. The van der Waals surface area contributed by atoms with Crippen molar-refractivity contribution in [3.63, 3.8) is 0 Å². The first-order chi connectivity index (χ1) is 10.2. The predicted octanol–water partition coefficient (Wildman–Crippen LogP) is 4.58. The van der Waals surface area contributed by atoms with Crippen LogP contribution in [0.2, 0.25) is 0 Å². The molecule has 0 saturated carbocycles. The molecule has 0 bridgehead atoms. The molecule has 0 aliphatic carbocycles. The van der Waals surface area contributed by atoms with Crippen molar-refractivity contribution in [1.29, 1.82) is 0 Å². The molecule has 2 aromatic rings. The number of hydrogen-bond donors (Lipinski definition) is 0. The summed E-state index contributed by atoms with van der Waals surface area (Å²) in [6.45, 7) is 4.28. The largest absolute Gasteiger partial charge is 0.493 e. The van der Waals surface area contributed by atoms with Crippen LogP contribution in [0.3, 0.4) is 0 Å². The van der Waals surface area contributed by atoms with Crippen molar-refractivity contribution in [2.75, 3.05) is 14.2 Å². The lowest BCUT2D eigenvalue weighted by atomic mass is 10.0. The molecule has 0 heterocycles. The number of allylic oxidation sites excluding steroid dienone is 1. The summed E-state index contributed by atoms with van der Waals surface area (Å²) in [7, 11) is 3.31. The second kappa shape index (κ2) is 6.98. The number of aryl methyl sites for hydroxylation is 2. The van der Waals surface area contributed by atoms with Gasteiger partial charge in [-0.3, -0.25) is 0 Å². The van der Waals surface area contributed by atoms with Crippen molar-refractivity contribution in [2.45, 2.75) is 20.3 Å². The molecule has 2 heteroatoms. The summed E-state index contributed by atoms with van der Waals surface area (Å²) in [4.78, 5) is 0. The first-order valence-electron chi connectivity index (χ1n) is 7.09. The van der Waals surface area contributed by atoms with Gasteiger partial charge in [-0.15, -0.1) is 0 Å². The number of benzene rings is 2. The Hall–Kier alpha value is -2.22. The molecule has 0 radical (unpaired) electrons. The SMILES string of the molecule is COc1ccc(C/C=C/c2c(C)cccc2C)cc1OC. The molecule has 2 rings (SSSR count). The molecule has 2 nitrogen and oxygen atoms in total. The summed E-state index contributed by atoms with van der Waals surface area (Å²) in [6, 6.07) is 12.4. The molecule has 0 fully saturated rings. The van der Waals surface area contributed by atoms with E-state index in [-0.39, 0.29) is 0 Å². The molecule has 0 N–H and O–H groups in total. The van der Waals surface area contributed by atoms with Crippen LogP contribution in [0.25, 0.3) is 6.08 Å². The third-order valence-electron chi connectivity index (χ3n) is 3.63. The van der Waals surface area contributed by atoms with E-state index in [4.69, 9.17) is 9.47 Å². The smallest absolute Gasteiger partial charge is 0.160 e. The van der Waals surface area contributed by atoms with Gasteiger partial charge < -0.3 is 9.47 Å². The minimum Gasteiger partial charge on any atom is -0.493 e. The van der Waals surface area contributed by atoms with E-state index in [0.29, 0.717) is 0 Å². The van der Waals surface area contributed by atoms with Crippen LogP contribution in [0.4, 0.5) is 0 Å². The molecular formula is C19H22O2. The minimum absolute atomic E-state index is 0.764. The normalized spacial score (nSPS) is 10.9. The third kappa shape index (κ3) is 3.66. The maximum Gasteiger partial charge on any atom is 0.160 e. The number of methoxy groups -OCH3 is 2. The van der Waals surface area contributed by atoms with Gasteiger partial charge in [-0.25, -0.2) is 0 Å². The van der Waals surface area contributed by atoms with Crippen molar-refractivity contribution >= 4 is 6.08 Å². The van der Waals surface area contributed by atoms with Gasteiger partial charge in [0.2, 0.25) is 0 Å². The number of hydrogen-bond acceptors (Lipinski definition) is 2. The van der Waals surface area contributed by atoms with Gasteiger partial charge in [-0.2, -0.15) is 0 Å². The second-order valence-corrected chi connectivity index (χ2v) is 5.10. The Kier molecular flexibility index (Phi) is 5.04. The van der Waals surface area contributed by atoms with Crippen molar-refractivity contribution in [3.8, 4) is 11.5 Å². The summed E-state index contributed by atoms with van der Waals surface area (Å²) in [5.74, 6) is 1.54. The van der Waals surface area contributed by atoms with Crippen LogP contribution in [-0.4, -0.2) is 14.2 Å². The number of rotatable bonds is 5. The zero-order valence-electron chi connectivity index (χ0n) is 13.1. The van der Waals surface area contributed by atoms with E-state index >= 15 is 0 Å². The quantitative estimate of drug-likeness (QED) is 0.799. The van der Waals surface area contributed by atoms with Crippen LogP contribution < -0.4 is 9.47 Å². The van der Waals surface area contributed by atoms with Crippen LogP contribution in [0.15, 0.2) is 42.5 Å². The topological polar surface area (TPSA) is 18.5 Å². The van der Waals surface area contributed by atoms with E-state index in [0.717, 1.165) is 17.9 Å². The van der Waals surface area contributed by atoms with Crippen molar-refractivity contribution in [1.82, 2.24) is 0 Å². The predicted molar refractivity (Wildman–Crippen MR) is 88.2 cm³/mol. The zero-order chi connectivity index (χ0) is 15.2. The maximum atomic E-state index is 5.33. The Labute approximate surface area is 127 Å². The molecule has 0 aliphatic heterocycles. The van der Waals surface area contributed by atoms with Gasteiger partial charge >= 0.3 is 0 Å². The summed E-state index contributed by atoms with van der Waals surface area (Å²) < 4.78 is 10.6. The van der Waals surface area contributed by atoms with Crippen LogP contribution in [-0.2, 0) is 6.42 Å². The van der Waals surface area contributed by atoms with E-state index in [9.17, 15) is 0 Å². The standard InChI is InChI=1S/C19H22O2/c1-14-7-5-8-15(2)17(14)10-6-9-16-11-12-18(20-3)19(13-16)21-4/h5-8,10-13H,9H2,1-4H3/b10-6+. The highest BCUT2D eigenvalue weighted by atomic mass is 16.5. The van der Waals surface area contributed by atoms with E-state index < -0.39 is 0 Å². The fourth-order valence-electron chi connectivity index (χ4n) is 2.41. The van der Waals surface area contributed by atoms with Crippen LogP contribution >= 0.6 is 0 Å². The highest BCUT2D eigenvalue weighted by Gasteiger charge is 2.03. The van der Waals surface area contributed by atoms with Gasteiger partial charge in [-0.1, -0.05) is 36.4 Å². The molecule has 0 unspecified atom stereocenters. The average Bonchev–Trinajstić information content (AvgIpc) is 2.50. The number of ether oxygens (including phenoxy) is 2. The highest BCUT2D eigenvalue weighted by Crippen LogP contribution is 2.28. The van der Waals surface area contributed by atoms with Gasteiger partial charge in [0, 0.05) is 0 Å².